The average Bonchev–Trinajstić information content (AvgIpc) is 3.26. The van der Waals surface area contributed by atoms with Crippen molar-refractivity contribution in [3.63, 3.8) is 0 Å². The van der Waals surface area contributed by atoms with Gasteiger partial charge in [0.15, 0.2) is 0 Å². The van der Waals surface area contributed by atoms with Gasteiger partial charge < -0.3 is 9.09 Å². The van der Waals surface area contributed by atoms with E-state index in [2.05, 4.69) is 38.8 Å². The van der Waals surface area contributed by atoms with Gasteiger partial charge in [-0.05, 0) is 31.2 Å². The molecule has 1 aromatic carbocycles. The fourth-order valence-electron chi connectivity index (χ4n) is 3.29. The van der Waals surface area contributed by atoms with Crippen LogP contribution in [0, 0.1) is 0 Å². The molecule has 0 bridgehead atoms. The van der Waals surface area contributed by atoms with Crippen LogP contribution in [0.25, 0.3) is 11.4 Å². The molecule has 0 amide bonds. The molecule has 136 valence electrons. The van der Waals surface area contributed by atoms with E-state index >= 15 is 0 Å². The maximum absolute atomic E-state index is 12.9. The Morgan fingerprint density at radius 3 is 2.85 bits per heavy atom. The van der Waals surface area contributed by atoms with Crippen molar-refractivity contribution in [1.29, 1.82) is 0 Å². The van der Waals surface area contributed by atoms with E-state index in [4.69, 9.17) is 4.52 Å². The van der Waals surface area contributed by atoms with Gasteiger partial charge in [-0.3, -0.25) is 4.90 Å². The van der Waals surface area contributed by atoms with Gasteiger partial charge in [0, 0.05) is 36.6 Å². The SMILES string of the molecule is C[C@H]1c2cccn2CCN1Cc1nc(-c2cccc(C(F)(F)F)c2)no1. The van der Waals surface area contributed by atoms with Crippen molar-refractivity contribution in [3.8, 4) is 11.4 Å². The van der Waals surface area contributed by atoms with Crippen LogP contribution in [0.1, 0.15) is 30.1 Å². The van der Waals surface area contributed by atoms with E-state index in [-0.39, 0.29) is 17.4 Å². The maximum atomic E-state index is 12.9. The molecular weight excluding hydrogens is 345 g/mol. The first kappa shape index (κ1) is 16.8. The standard InChI is InChI=1S/C18H17F3N4O/c1-12-15-6-3-7-24(15)8-9-25(12)11-16-22-17(23-26-16)13-4-2-5-14(10-13)18(19,20)21/h2-7,10,12H,8-9,11H2,1H3/t12-/m0/s1. The molecular formula is C18H17F3N4O. The normalized spacial score (nSPS) is 18.1. The highest BCUT2D eigenvalue weighted by Crippen LogP contribution is 2.32. The predicted molar refractivity (Wildman–Crippen MR) is 88.0 cm³/mol. The quantitative estimate of drug-likeness (QED) is 0.703. The Bertz CT molecular complexity index is 915. The van der Waals surface area contributed by atoms with Gasteiger partial charge in [0.1, 0.15) is 0 Å². The molecule has 0 saturated heterocycles. The highest BCUT2D eigenvalue weighted by Gasteiger charge is 2.31. The number of alkyl halides is 3. The Kier molecular flexibility index (Phi) is 4.07. The molecule has 8 heteroatoms. The smallest absolute Gasteiger partial charge is 0.349 e. The molecule has 0 spiro atoms. The van der Waals surface area contributed by atoms with Crippen LogP contribution >= 0.6 is 0 Å². The van der Waals surface area contributed by atoms with Crippen LogP contribution in [0.3, 0.4) is 0 Å². The minimum absolute atomic E-state index is 0.166. The van der Waals surface area contributed by atoms with Crippen molar-refractivity contribution < 1.29 is 17.7 Å². The molecule has 0 radical (unpaired) electrons. The monoisotopic (exact) mass is 362 g/mol. The third-order valence-electron chi connectivity index (χ3n) is 4.72. The van der Waals surface area contributed by atoms with Crippen molar-refractivity contribution in [3.05, 3.63) is 59.7 Å². The van der Waals surface area contributed by atoms with Crippen LogP contribution < -0.4 is 0 Å². The predicted octanol–water partition coefficient (Wildman–Crippen LogP) is 4.13. The number of hydrogen-bond acceptors (Lipinski definition) is 4. The summed E-state index contributed by atoms with van der Waals surface area (Å²) in [7, 11) is 0. The van der Waals surface area contributed by atoms with E-state index in [1.165, 1.54) is 11.8 Å². The Balaban J connectivity index is 1.52. The number of aromatic nitrogens is 3. The van der Waals surface area contributed by atoms with E-state index in [9.17, 15) is 13.2 Å². The van der Waals surface area contributed by atoms with Gasteiger partial charge in [0.25, 0.3) is 0 Å². The zero-order chi connectivity index (χ0) is 18.3. The van der Waals surface area contributed by atoms with Gasteiger partial charge in [-0.2, -0.15) is 18.2 Å². The second-order valence-corrected chi connectivity index (χ2v) is 6.36. The van der Waals surface area contributed by atoms with Crippen molar-refractivity contribution in [2.45, 2.75) is 32.2 Å². The lowest BCUT2D eigenvalue weighted by atomic mass is 10.1. The number of fused-ring (bicyclic) bond motifs is 1. The summed E-state index contributed by atoms with van der Waals surface area (Å²) in [5.74, 6) is 0.559. The molecule has 1 aliphatic heterocycles. The lowest BCUT2D eigenvalue weighted by molar-refractivity contribution is -0.137. The highest BCUT2D eigenvalue weighted by molar-refractivity contribution is 5.55. The van der Waals surface area contributed by atoms with Crippen LogP contribution in [-0.2, 0) is 19.3 Å². The molecule has 3 heterocycles. The van der Waals surface area contributed by atoms with Gasteiger partial charge in [-0.1, -0.05) is 17.3 Å². The summed E-state index contributed by atoms with van der Waals surface area (Å²) in [6.07, 6.45) is -2.34. The number of benzene rings is 1. The molecule has 0 aliphatic carbocycles. The summed E-state index contributed by atoms with van der Waals surface area (Å²) in [6.45, 7) is 4.28. The van der Waals surface area contributed by atoms with Gasteiger partial charge in [0.2, 0.25) is 11.7 Å². The summed E-state index contributed by atoms with van der Waals surface area (Å²) < 4.78 is 46.1. The minimum Gasteiger partial charge on any atom is -0.349 e. The Morgan fingerprint density at radius 2 is 2.04 bits per heavy atom. The van der Waals surface area contributed by atoms with E-state index in [0.717, 1.165) is 25.2 Å². The second-order valence-electron chi connectivity index (χ2n) is 6.36. The summed E-state index contributed by atoms with van der Waals surface area (Å²) in [5, 5.41) is 3.85. The van der Waals surface area contributed by atoms with E-state index in [1.54, 1.807) is 6.07 Å². The fraction of sp³-hybridized carbons (Fsp3) is 0.333. The number of nitrogens with zero attached hydrogens (tertiary/aromatic N) is 4. The largest absolute Gasteiger partial charge is 0.416 e. The lowest BCUT2D eigenvalue weighted by Gasteiger charge is -2.33. The van der Waals surface area contributed by atoms with Gasteiger partial charge in [-0.25, -0.2) is 0 Å². The molecule has 26 heavy (non-hydrogen) atoms. The highest BCUT2D eigenvalue weighted by atomic mass is 19.4. The number of hydrogen-bond donors (Lipinski definition) is 0. The van der Waals surface area contributed by atoms with E-state index in [0.29, 0.717) is 12.4 Å². The van der Waals surface area contributed by atoms with Gasteiger partial charge >= 0.3 is 6.18 Å². The molecule has 4 rings (SSSR count). The first-order valence-electron chi connectivity index (χ1n) is 8.31. The topological polar surface area (TPSA) is 47.1 Å². The molecule has 0 N–H and O–H groups in total. The Morgan fingerprint density at radius 1 is 1.19 bits per heavy atom. The second kappa shape index (κ2) is 6.28. The van der Waals surface area contributed by atoms with Crippen LogP contribution in [0.4, 0.5) is 13.2 Å². The van der Waals surface area contributed by atoms with Crippen LogP contribution in [0.2, 0.25) is 0 Å². The first-order chi connectivity index (χ1) is 12.4. The third kappa shape index (κ3) is 3.12. The summed E-state index contributed by atoms with van der Waals surface area (Å²) in [6, 6.07) is 9.24. The van der Waals surface area contributed by atoms with Crippen molar-refractivity contribution in [2.24, 2.45) is 0 Å². The van der Waals surface area contributed by atoms with Crippen LogP contribution in [0.5, 0.6) is 0 Å². The molecule has 0 saturated carbocycles. The molecule has 0 unspecified atom stereocenters. The van der Waals surface area contributed by atoms with Gasteiger partial charge in [-0.15, -0.1) is 0 Å². The molecule has 5 nitrogen and oxygen atoms in total. The van der Waals surface area contributed by atoms with Crippen molar-refractivity contribution in [2.75, 3.05) is 6.54 Å². The molecule has 1 atom stereocenters. The van der Waals surface area contributed by atoms with Gasteiger partial charge in [0.05, 0.1) is 12.1 Å². The maximum Gasteiger partial charge on any atom is 0.416 e. The van der Waals surface area contributed by atoms with E-state index in [1.807, 2.05) is 6.07 Å². The summed E-state index contributed by atoms with van der Waals surface area (Å²) >= 11 is 0. The van der Waals surface area contributed by atoms with Crippen LogP contribution in [-0.4, -0.2) is 26.2 Å². The van der Waals surface area contributed by atoms with E-state index < -0.39 is 11.7 Å². The zero-order valence-electron chi connectivity index (χ0n) is 14.1. The third-order valence-corrected chi connectivity index (χ3v) is 4.72. The zero-order valence-corrected chi connectivity index (χ0v) is 14.1. The van der Waals surface area contributed by atoms with Crippen LogP contribution in [0.15, 0.2) is 47.1 Å². The average molecular weight is 362 g/mol. The lowest BCUT2D eigenvalue weighted by Crippen LogP contribution is -2.35. The molecule has 0 fully saturated rings. The summed E-state index contributed by atoms with van der Waals surface area (Å²) in [5.41, 5.74) is 0.774. The molecule has 2 aromatic heterocycles. The molecule has 1 aliphatic rings. The first-order valence-corrected chi connectivity index (χ1v) is 8.31. The van der Waals surface area contributed by atoms with Crippen molar-refractivity contribution >= 4 is 0 Å². The summed E-state index contributed by atoms with van der Waals surface area (Å²) in [4.78, 5) is 6.49. The Labute approximate surface area is 148 Å². The minimum atomic E-state index is -4.40. The van der Waals surface area contributed by atoms with Crippen molar-refractivity contribution in [1.82, 2.24) is 19.6 Å². The Hall–Kier alpha value is -2.61. The fourth-order valence-corrected chi connectivity index (χ4v) is 3.29. The molecule has 3 aromatic rings. The number of rotatable bonds is 3. The number of halogens is 3.